The van der Waals surface area contributed by atoms with Crippen molar-refractivity contribution < 1.29 is 14.6 Å². The summed E-state index contributed by atoms with van der Waals surface area (Å²) in [5.41, 5.74) is 0. The van der Waals surface area contributed by atoms with Crippen LogP contribution in [-0.4, -0.2) is 23.8 Å². The van der Waals surface area contributed by atoms with Crippen LogP contribution in [0.15, 0.2) is 12.2 Å². The zero-order valence-corrected chi connectivity index (χ0v) is 19.6. The lowest BCUT2D eigenvalue weighted by Crippen LogP contribution is -2.05. The van der Waals surface area contributed by atoms with Gasteiger partial charge in [0.2, 0.25) is 0 Å². The van der Waals surface area contributed by atoms with Gasteiger partial charge in [-0.25, -0.2) is 0 Å². The Morgan fingerprint density at radius 3 is 2.07 bits per heavy atom. The number of unbranched alkanes of at least 4 members (excludes halogenated alkanes) is 13. The molecular weight excluding hydrogens is 360 g/mol. The molecule has 1 atom stereocenters. The third kappa shape index (κ3) is 23.3. The lowest BCUT2D eigenvalue weighted by Gasteiger charge is -2.07. The molecule has 0 fully saturated rings. The number of aliphatic hydroxyl groups is 1. The van der Waals surface area contributed by atoms with Crippen molar-refractivity contribution in [2.45, 2.75) is 142 Å². The first kappa shape index (κ1) is 28.2. The average molecular weight is 411 g/mol. The molecule has 0 spiro atoms. The summed E-state index contributed by atoms with van der Waals surface area (Å²) in [6.07, 6.45) is 25.6. The number of hydrogen-bond donors (Lipinski definition) is 1. The largest absolute Gasteiger partial charge is 0.466 e. The quantitative estimate of drug-likeness (QED) is 0.112. The minimum atomic E-state index is -0.163. The lowest BCUT2D eigenvalue weighted by atomic mass is 10.1. The molecule has 0 saturated carbocycles. The molecule has 0 aromatic rings. The van der Waals surface area contributed by atoms with Gasteiger partial charge in [-0.3, -0.25) is 4.79 Å². The molecular formula is C26H50O3. The first-order valence-corrected chi connectivity index (χ1v) is 12.7. The van der Waals surface area contributed by atoms with Crippen molar-refractivity contribution in [2.24, 2.45) is 0 Å². The van der Waals surface area contributed by atoms with Crippen LogP contribution in [0, 0.1) is 0 Å². The molecule has 0 amide bonds. The molecule has 0 aliphatic heterocycles. The molecule has 29 heavy (non-hydrogen) atoms. The highest BCUT2D eigenvalue weighted by molar-refractivity contribution is 5.69. The van der Waals surface area contributed by atoms with Crippen LogP contribution in [0.2, 0.25) is 0 Å². The molecule has 1 N–H and O–H groups in total. The summed E-state index contributed by atoms with van der Waals surface area (Å²) in [4.78, 5) is 11.7. The summed E-state index contributed by atoms with van der Waals surface area (Å²) >= 11 is 0. The predicted molar refractivity (Wildman–Crippen MR) is 125 cm³/mol. The van der Waals surface area contributed by atoms with Gasteiger partial charge >= 0.3 is 5.97 Å². The van der Waals surface area contributed by atoms with E-state index in [0.29, 0.717) is 13.0 Å². The molecule has 0 saturated heterocycles. The van der Waals surface area contributed by atoms with Gasteiger partial charge in [0.1, 0.15) is 0 Å². The van der Waals surface area contributed by atoms with Crippen LogP contribution in [0.25, 0.3) is 0 Å². The summed E-state index contributed by atoms with van der Waals surface area (Å²) in [5, 5.41) is 9.92. The Morgan fingerprint density at radius 1 is 0.759 bits per heavy atom. The molecule has 0 aliphatic rings. The molecule has 3 heteroatoms. The first-order valence-electron chi connectivity index (χ1n) is 12.7. The van der Waals surface area contributed by atoms with Gasteiger partial charge in [-0.1, -0.05) is 103 Å². The maximum Gasteiger partial charge on any atom is 0.305 e. The van der Waals surface area contributed by atoms with E-state index in [9.17, 15) is 9.90 Å². The second-order valence-electron chi connectivity index (χ2n) is 8.50. The zero-order valence-electron chi connectivity index (χ0n) is 19.6. The van der Waals surface area contributed by atoms with Crippen LogP contribution < -0.4 is 0 Å². The number of ether oxygens (including phenoxy) is 1. The van der Waals surface area contributed by atoms with Crippen LogP contribution in [0.4, 0.5) is 0 Å². The Bertz CT molecular complexity index is 365. The molecule has 0 aromatic carbocycles. The fourth-order valence-corrected chi connectivity index (χ4v) is 3.50. The van der Waals surface area contributed by atoms with E-state index in [1.165, 1.54) is 70.6 Å². The molecule has 0 bridgehead atoms. The van der Waals surface area contributed by atoms with E-state index < -0.39 is 0 Å². The number of allylic oxidation sites excluding steroid dienone is 1. The summed E-state index contributed by atoms with van der Waals surface area (Å²) in [5.74, 6) is -0.0188. The van der Waals surface area contributed by atoms with E-state index in [0.717, 1.165) is 44.9 Å². The average Bonchev–Trinajstić information content (AvgIpc) is 2.72. The first-order chi connectivity index (χ1) is 14.2. The van der Waals surface area contributed by atoms with Gasteiger partial charge < -0.3 is 9.84 Å². The van der Waals surface area contributed by atoms with E-state index in [2.05, 4.69) is 26.0 Å². The molecule has 172 valence electrons. The van der Waals surface area contributed by atoms with E-state index >= 15 is 0 Å². The predicted octanol–water partition coefficient (Wildman–Crippen LogP) is 7.90. The summed E-state index contributed by atoms with van der Waals surface area (Å²) < 4.78 is 5.31. The zero-order chi connectivity index (χ0) is 21.4. The number of rotatable bonds is 22. The molecule has 0 unspecified atom stereocenters. The molecule has 0 aliphatic carbocycles. The van der Waals surface area contributed by atoms with Crippen LogP contribution in [-0.2, 0) is 9.53 Å². The maximum absolute atomic E-state index is 11.7. The summed E-state index contributed by atoms with van der Waals surface area (Å²) in [6, 6.07) is 0. The number of esters is 1. The van der Waals surface area contributed by atoms with Crippen molar-refractivity contribution in [1.82, 2.24) is 0 Å². The third-order valence-corrected chi connectivity index (χ3v) is 5.48. The highest BCUT2D eigenvalue weighted by atomic mass is 16.5. The number of carbonyl (C=O) groups excluding carboxylic acids is 1. The van der Waals surface area contributed by atoms with Gasteiger partial charge in [-0.05, 0) is 38.5 Å². The van der Waals surface area contributed by atoms with E-state index in [4.69, 9.17) is 4.74 Å². The smallest absolute Gasteiger partial charge is 0.305 e. The molecule has 0 heterocycles. The fourth-order valence-electron chi connectivity index (χ4n) is 3.50. The summed E-state index contributed by atoms with van der Waals surface area (Å²) in [6.45, 7) is 5.04. The van der Waals surface area contributed by atoms with Gasteiger partial charge in [0.15, 0.2) is 0 Å². The monoisotopic (exact) mass is 410 g/mol. The van der Waals surface area contributed by atoms with Crippen molar-refractivity contribution in [2.75, 3.05) is 6.61 Å². The Labute approximate surface area is 181 Å². The van der Waals surface area contributed by atoms with E-state index in [1.807, 2.05) is 0 Å². The number of carbonyl (C=O) groups is 1. The fraction of sp³-hybridized carbons (Fsp3) is 0.885. The van der Waals surface area contributed by atoms with Crippen molar-refractivity contribution >= 4 is 5.97 Å². The normalized spacial score (nSPS) is 12.5. The van der Waals surface area contributed by atoms with Crippen LogP contribution in [0.5, 0.6) is 0 Å². The van der Waals surface area contributed by atoms with Crippen LogP contribution in [0.3, 0.4) is 0 Å². The van der Waals surface area contributed by atoms with E-state index in [-0.39, 0.29) is 12.1 Å². The van der Waals surface area contributed by atoms with Crippen molar-refractivity contribution in [3.63, 3.8) is 0 Å². The Morgan fingerprint density at radius 2 is 1.34 bits per heavy atom. The van der Waals surface area contributed by atoms with E-state index in [1.54, 1.807) is 0 Å². The van der Waals surface area contributed by atoms with Crippen molar-refractivity contribution in [3.8, 4) is 0 Å². The number of hydrogen-bond acceptors (Lipinski definition) is 3. The third-order valence-electron chi connectivity index (χ3n) is 5.48. The van der Waals surface area contributed by atoms with Gasteiger partial charge in [0.05, 0.1) is 12.7 Å². The Hall–Kier alpha value is -0.830. The minimum Gasteiger partial charge on any atom is -0.466 e. The highest BCUT2D eigenvalue weighted by Gasteiger charge is 2.03. The Balaban J connectivity index is 3.30. The van der Waals surface area contributed by atoms with Gasteiger partial charge in [0.25, 0.3) is 0 Å². The summed E-state index contributed by atoms with van der Waals surface area (Å²) in [7, 11) is 0. The topological polar surface area (TPSA) is 46.5 Å². The van der Waals surface area contributed by atoms with Crippen molar-refractivity contribution in [3.05, 3.63) is 12.2 Å². The second-order valence-corrected chi connectivity index (χ2v) is 8.50. The van der Waals surface area contributed by atoms with Gasteiger partial charge in [-0.2, -0.15) is 0 Å². The van der Waals surface area contributed by atoms with Crippen LogP contribution in [0.1, 0.15) is 136 Å². The minimum absolute atomic E-state index is 0.0188. The molecule has 0 radical (unpaired) electrons. The van der Waals surface area contributed by atoms with Crippen molar-refractivity contribution in [1.29, 1.82) is 0 Å². The molecule has 3 nitrogen and oxygen atoms in total. The SMILES string of the molecule is CCCCCCCCOC(=O)CCCCCCC/C=C\C[C@H](O)CCCCCC. The van der Waals surface area contributed by atoms with Crippen LogP contribution >= 0.6 is 0 Å². The maximum atomic E-state index is 11.7. The standard InChI is InChI=1S/C26H50O3/c1-3-5-7-9-16-20-24-29-26(28)23-19-15-13-11-10-12-14-18-22-25(27)21-17-8-6-4-2/h14,18,25,27H,3-13,15-17,19-24H2,1-2H3/b18-14-/t25-/m1/s1. The molecule has 0 rings (SSSR count). The lowest BCUT2D eigenvalue weighted by molar-refractivity contribution is -0.143. The van der Waals surface area contributed by atoms with Gasteiger partial charge in [0, 0.05) is 6.42 Å². The highest BCUT2D eigenvalue weighted by Crippen LogP contribution is 2.11. The van der Waals surface area contributed by atoms with Gasteiger partial charge in [-0.15, -0.1) is 0 Å². The molecule has 0 aromatic heterocycles. The second kappa shape index (κ2) is 23.4. The number of aliphatic hydroxyl groups excluding tert-OH is 1. The Kier molecular flexibility index (Phi) is 22.8.